The van der Waals surface area contributed by atoms with Gasteiger partial charge in [0.2, 0.25) is 5.91 Å². The molecule has 1 N–H and O–H groups in total. The van der Waals surface area contributed by atoms with E-state index in [4.69, 9.17) is 4.74 Å². The predicted octanol–water partition coefficient (Wildman–Crippen LogP) is 0.217. The van der Waals surface area contributed by atoms with E-state index in [9.17, 15) is 9.59 Å². The first kappa shape index (κ1) is 9.03. The second kappa shape index (κ2) is 2.77. The zero-order chi connectivity index (χ0) is 9.35. The first-order chi connectivity index (χ1) is 5.38. The summed E-state index contributed by atoms with van der Waals surface area (Å²) >= 11 is 0. The Morgan fingerprint density at radius 1 is 1.58 bits per heavy atom. The van der Waals surface area contributed by atoms with Crippen molar-refractivity contribution in [3.63, 3.8) is 0 Å². The van der Waals surface area contributed by atoms with Gasteiger partial charge >= 0.3 is 5.97 Å². The van der Waals surface area contributed by atoms with Crippen molar-refractivity contribution in [1.29, 1.82) is 0 Å². The maximum Gasteiger partial charge on any atom is 0.329 e. The van der Waals surface area contributed by atoms with Gasteiger partial charge in [0.25, 0.3) is 0 Å². The fraction of sp³-hybridized carbons (Fsp3) is 0.750. The second-order valence-corrected chi connectivity index (χ2v) is 3.86. The summed E-state index contributed by atoms with van der Waals surface area (Å²) in [6.45, 7) is 5.39. The molecule has 0 unspecified atom stereocenters. The molecule has 4 nitrogen and oxygen atoms in total. The third-order valence-electron chi connectivity index (χ3n) is 1.42. The van der Waals surface area contributed by atoms with Crippen molar-refractivity contribution in [1.82, 2.24) is 5.32 Å². The van der Waals surface area contributed by atoms with Gasteiger partial charge in [0.1, 0.15) is 11.6 Å². The number of carbonyl (C=O) groups excluding carboxylic acids is 2. The van der Waals surface area contributed by atoms with Crippen molar-refractivity contribution in [3.8, 4) is 0 Å². The Morgan fingerprint density at radius 2 is 2.08 bits per heavy atom. The monoisotopic (exact) mass is 171 g/mol. The summed E-state index contributed by atoms with van der Waals surface area (Å²) in [5.41, 5.74) is -0.475. The topological polar surface area (TPSA) is 55.4 Å². The van der Waals surface area contributed by atoms with Gasteiger partial charge in [-0.15, -0.1) is 0 Å². The molecule has 0 aromatic rings. The molecule has 0 aromatic heterocycles. The van der Waals surface area contributed by atoms with Crippen molar-refractivity contribution in [2.75, 3.05) is 0 Å². The number of esters is 1. The van der Waals surface area contributed by atoms with E-state index in [1.165, 1.54) is 0 Å². The molecule has 0 bridgehead atoms. The molecule has 68 valence electrons. The summed E-state index contributed by atoms with van der Waals surface area (Å²) in [4.78, 5) is 21.6. The molecule has 1 heterocycles. The summed E-state index contributed by atoms with van der Waals surface area (Å²) in [6.07, 6.45) is 0.259. The molecular formula is C8H13NO3. The third-order valence-corrected chi connectivity index (χ3v) is 1.42. The molecule has 0 aliphatic carbocycles. The first-order valence-electron chi connectivity index (χ1n) is 3.91. The number of carbonyl (C=O) groups is 2. The van der Waals surface area contributed by atoms with Gasteiger partial charge in [0.05, 0.1) is 6.42 Å². The highest BCUT2D eigenvalue weighted by Crippen LogP contribution is 2.12. The third kappa shape index (κ3) is 2.22. The molecule has 1 amide bonds. The minimum absolute atomic E-state index is 0.0918. The Morgan fingerprint density at radius 3 is 2.42 bits per heavy atom. The van der Waals surface area contributed by atoms with Gasteiger partial charge in [-0.25, -0.2) is 4.79 Å². The van der Waals surface area contributed by atoms with E-state index in [1.54, 1.807) is 20.8 Å². The quantitative estimate of drug-likeness (QED) is 0.453. The van der Waals surface area contributed by atoms with Crippen LogP contribution < -0.4 is 5.32 Å². The number of ether oxygens (including phenoxy) is 1. The van der Waals surface area contributed by atoms with E-state index < -0.39 is 11.6 Å². The largest absolute Gasteiger partial charge is 0.458 e. The Kier molecular flexibility index (Phi) is 2.08. The summed E-state index contributed by atoms with van der Waals surface area (Å²) in [7, 11) is 0. The molecule has 0 saturated carbocycles. The fourth-order valence-corrected chi connectivity index (χ4v) is 0.874. The van der Waals surface area contributed by atoms with Crippen molar-refractivity contribution < 1.29 is 14.3 Å². The second-order valence-electron chi connectivity index (χ2n) is 3.86. The van der Waals surface area contributed by atoms with E-state index in [0.29, 0.717) is 0 Å². The molecule has 4 heteroatoms. The minimum atomic E-state index is -0.475. The van der Waals surface area contributed by atoms with Gasteiger partial charge in [-0.05, 0) is 20.8 Å². The Balaban J connectivity index is 2.35. The van der Waals surface area contributed by atoms with Crippen LogP contribution in [0.5, 0.6) is 0 Å². The Labute approximate surface area is 71.3 Å². The van der Waals surface area contributed by atoms with E-state index in [2.05, 4.69) is 5.32 Å². The lowest BCUT2D eigenvalue weighted by molar-refractivity contribution is -0.162. The lowest BCUT2D eigenvalue weighted by Crippen LogP contribution is -2.54. The highest BCUT2D eigenvalue weighted by atomic mass is 16.6. The number of β-lactam (4-membered cyclic amide) rings is 1. The Bertz CT molecular complexity index is 209. The van der Waals surface area contributed by atoms with E-state index in [1.807, 2.05) is 0 Å². The fourth-order valence-electron chi connectivity index (χ4n) is 0.874. The number of nitrogens with one attached hydrogen (secondary N) is 1. The number of amides is 1. The van der Waals surface area contributed by atoms with Gasteiger partial charge < -0.3 is 10.1 Å². The van der Waals surface area contributed by atoms with Crippen LogP contribution in [0.3, 0.4) is 0 Å². The van der Waals surface area contributed by atoms with Gasteiger partial charge in [-0.1, -0.05) is 0 Å². The van der Waals surface area contributed by atoms with Crippen LogP contribution in [0.2, 0.25) is 0 Å². The van der Waals surface area contributed by atoms with Crippen molar-refractivity contribution in [2.45, 2.75) is 38.8 Å². The molecular weight excluding hydrogens is 158 g/mol. The first-order valence-corrected chi connectivity index (χ1v) is 3.91. The maximum atomic E-state index is 11.1. The van der Waals surface area contributed by atoms with Gasteiger partial charge in [-0.2, -0.15) is 0 Å². The predicted molar refractivity (Wildman–Crippen MR) is 42.4 cm³/mol. The Hall–Kier alpha value is -1.06. The van der Waals surface area contributed by atoms with E-state index >= 15 is 0 Å². The van der Waals surface area contributed by atoms with E-state index in [-0.39, 0.29) is 18.3 Å². The minimum Gasteiger partial charge on any atom is -0.458 e. The lowest BCUT2D eigenvalue weighted by atomic mass is 10.1. The number of rotatable bonds is 1. The lowest BCUT2D eigenvalue weighted by Gasteiger charge is -2.28. The summed E-state index contributed by atoms with van der Waals surface area (Å²) in [5.74, 6) is -0.437. The van der Waals surface area contributed by atoms with Crippen LogP contribution in [0.1, 0.15) is 27.2 Å². The van der Waals surface area contributed by atoms with Crippen molar-refractivity contribution in [3.05, 3.63) is 0 Å². The average Bonchev–Trinajstić information content (AvgIpc) is 1.76. The van der Waals surface area contributed by atoms with Crippen LogP contribution in [0, 0.1) is 0 Å². The number of hydrogen-bond donors (Lipinski definition) is 1. The van der Waals surface area contributed by atoms with Crippen LogP contribution in [0.4, 0.5) is 0 Å². The maximum absolute atomic E-state index is 11.1. The molecule has 1 rings (SSSR count). The molecule has 1 aliphatic heterocycles. The summed E-state index contributed by atoms with van der Waals surface area (Å²) < 4.78 is 5.04. The molecule has 0 spiro atoms. The van der Waals surface area contributed by atoms with E-state index in [0.717, 1.165) is 0 Å². The van der Waals surface area contributed by atoms with Crippen LogP contribution in [0.25, 0.3) is 0 Å². The molecule has 1 atom stereocenters. The SMILES string of the molecule is CC(C)(C)OC(=O)[C@@H]1CC(=O)N1. The molecule has 1 fully saturated rings. The van der Waals surface area contributed by atoms with Crippen molar-refractivity contribution >= 4 is 11.9 Å². The van der Waals surface area contributed by atoms with Crippen LogP contribution >= 0.6 is 0 Å². The zero-order valence-corrected chi connectivity index (χ0v) is 7.51. The summed E-state index contributed by atoms with van der Waals surface area (Å²) in [6, 6.07) is -0.420. The van der Waals surface area contributed by atoms with Crippen LogP contribution in [0.15, 0.2) is 0 Å². The van der Waals surface area contributed by atoms with Crippen molar-refractivity contribution in [2.24, 2.45) is 0 Å². The molecule has 1 aliphatic rings. The smallest absolute Gasteiger partial charge is 0.329 e. The van der Waals surface area contributed by atoms with Gasteiger partial charge in [-0.3, -0.25) is 4.79 Å². The standard InChI is InChI=1S/C8H13NO3/c1-8(2,3)12-7(11)5-4-6(10)9-5/h5H,4H2,1-3H3,(H,9,10)/t5-/m0/s1. The van der Waals surface area contributed by atoms with Gasteiger partial charge in [0.15, 0.2) is 0 Å². The summed E-state index contributed by atoms with van der Waals surface area (Å²) in [5, 5.41) is 2.45. The molecule has 1 saturated heterocycles. The molecule has 0 radical (unpaired) electrons. The van der Waals surface area contributed by atoms with Crippen LogP contribution in [-0.2, 0) is 14.3 Å². The highest BCUT2D eigenvalue weighted by Gasteiger charge is 2.34. The number of hydrogen-bond acceptors (Lipinski definition) is 3. The van der Waals surface area contributed by atoms with Crippen LogP contribution in [-0.4, -0.2) is 23.5 Å². The normalized spacial score (nSPS) is 22.6. The molecule has 0 aromatic carbocycles. The average molecular weight is 171 g/mol. The van der Waals surface area contributed by atoms with Gasteiger partial charge in [0, 0.05) is 0 Å². The zero-order valence-electron chi connectivity index (χ0n) is 7.51. The molecule has 12 heavy (non-hydrogen) atoms. The highest BCUT2D eigenvalue weighted by molar-refractivity contribution is 5.94.